The average molecular weight is 321 g/mol. The first-order valence-electron chi connectivity index (χ1n) is 6.24. The number of sulfonamides is 1. The molecule has 0 fully saturated rings. The zero-order valence-electron chi connectivity index (χ0n) is 11.7. The predicted molar refractivity (Wildman–Crippen MR) is 83.5 cm³/mol. The summed E-state index contributed by atoms with van der Waals surface area (Å²) in [6.45, 7) is 0. The molecular formula is C14H15N3O4S. The number of urea groups is 1. The summed E-state index contributed by atoms with van der Waals surface area (Å²) in [6, 6.07) is 12.0. The van der Waals surface area contributed by atoms with Crippen LogP contribution in [0.1, 0.15) is 0 Å². The molecule has 0 saturated carbocycles. The Labute approximate surface area is 128 Å². The molecule has 0 spiro atoms. The van der Waals surface area contributed by atoms with Gasteiger partial charge < -0.3 is 15.4 Å². The van der Waals surface area contributed by atoms with Gasteiger partial charge in [-0.15, -0.1) is 0 Å². The van der Waals surface area contributed by atoms with E-state index in [1.54, 1.807) is 37.4 Å². The number of nitrogens with one attached hydrogen (secondary N) is 2. The number of methoxy groups -OCH3 is 1. The minimum absolute atomic E-state index is 0.107. The fourth-order valence-electron chi connectivity index (χ4n) is 1.78. The number of carbonyl (C=O) groups excluding carboxylic acids is 1. The largest absolute Gasteiger partial charge is 0.497 e. The maximum absolute atomic E-state index is 11.9. The van der Waals surface area contributed by atoms with E-state index in [1.165, 1.54) is 18.2 Å². The van der Waals surface area contributed by atoms with Crippen molar-refractivity contribution in [3.63, 3.8) is 0 Å². The molecule has 2 amide bonds. The van der Waals surface area contributed by atoms with E-state index < -0.39 is 16.1 Å². The number of rotatable bonds is 4. The van der Waals surface area contributed by atoms with Crippen LogP contribution in [-0.4, -0.2) is 21.6 Å². The van der Waals surface area contributed by atoms with Crippen LogP contribution in [0.4, 0.5) is 16.2 Å². The van der Waals surface area contributed by atoms with Crippen molar-refractivity contribution in [2.45, 2.75) is 4.90 Å². The Kier molecular flexibility index (Phi) is 4.64. The first-order chi connectivity index (χ1) is 10.4. The van der Waals surface area contributed by atoms with Gasteiger partial charge in [0, 0.05) is 5.69 Å². The van der Waals surface area contributed by atoms with Crippen LogP contribution in [0.25, 0.3) is 0 Å². The third kappa shape index (κ3) is 3.96. The third-order valence-corrected chi connectivity index (χ3v) is 3.76. The van der Waals surface area contributed by atoms with Crippen LogP contribution in [-0.2, 0) is 10.0 Å². The zero-order valence-corrected chi connectivity index (χ0v) is 12.6. The van der Waals surface area contributed by atoms with Crippen LogP contribution in [0, 0.1) is 0 Å². The molecule has 116 valence electrons. The van der Waals surface area contributed by atoms with E-state index in [4.69, 9.17) is 9.88 Å². The molecule has 0 radical (unpaired) electrons. The summed E-state index contributed by atoms with van der Waals surface area (Å²) >= 11 is 0. The molecule has 0 heterocycles. The van der Waals surface area contributed by atoms with Gasteiger partial charge in [-0.25, -0.2) is 18.4 Å². The summed E-state index contributed by atoms with van der Waals surface area (Å²) in [5, 5.41) is 10.1. The SMILES string of the molecule is COc1ccc(NC(=O)Nc2ccccc2S(N)(=O)=O)cc1. The van der Waals surface area contributed by atoms with Gasteiger partial charge in [-0.3, -0.25) is 0 Å². The van der Waals surface area contributed by atoms with E-state index in [2.05, 4.69) is 10.6 Å². The van der Waals surface area contributed by atoms with Crippen LogP contribution in [0.3, 0.4) is 0 Å². The van der Waals surface area contributed by atoms with Gasteiger partial charge in [-0.05, 0) is 36.4 Å². The van der Waals surface area contributed by atoms with Crippen molar-refractivity contribution in [1.29, 1.82) is 0 Å². The molecule has 8 heteroatoms. The van der Waals surface area contributed by atoms with Crippen molar-refractivity contribution in [3.05, 3.63) is 48.5 Å². The molecule has 2 rings (SSSR count). The van der Waals surface area contributed by atoms with Crippen LogP contribution >= 0.6 is 0 Å². The molecule has 0 aliphatic rings. The topological polar surface area (TPSA) is 111 Å². The van der Waals surface area contributed by atoms with Gasteiger partial charge in [0.15, 0.2) is 0 Å². The Morgan fingerprint density at radius 3 is 2.27 bits per heavy atom. The molecule has 0 bridgehead atoms. The second-order valence-electron chi connectivity index (χ2n) is 4.35. The van der Waals surface area contributed by atoms with Crippen molar-refractivity contribution < 1.29 is 17.9 Å². The van der Waals surface area contributed by atoms with Crippen LogP contribution in [0.5, 0.6) is 5.75 Å². The molecule has 0 aromatic heterocycles. The second kappa shape index (κ2) is 6.46. The van der Waals surface area contributed by atoms with E-state index in [0.29, 0.717) is 11.4 Å². The van der Waals surface area contributed by atoms with Crippen molar-refractivity contribution in [3.8, 4) is 5.75 Å². The molecule has 2 aromatic carbocycles. The third-order valence-electron chi connectivity index (χ3n) is 2.79. The molecular weight excluding hydrogens is 306 g/mol. The van der Waals surface area contributed by atoms with Crippen molar-refractivity contribution >= 4 is 27.4 Å². The summed E-state index contributed by atoms with van der Waals surface area (Å²) in [7, 11) is -2.38. The average Bonchev–Trinajstić information content (AvgIpc) is 2.47. The number of para-hydroxylation sites is 1. The zero-order chi connectivity index (χ0) is 16.2. The van der Waals surface area contributed by atoms with Gasteiger partial charge in [0.05, 0.1) is 12.8 Å². The highest BCUT2D eigenvalue weighted by Crippen LogP contribution is 2.20. The van der Waals surface area contributed by atoms with E-state index in [1.807, 2.05) is 0 Å². The molecule has 2 aromatic rings. The highest BCUT2D eigenvalue weighted by molar-refractivity contribution is 7.89. The molecule has 0 aliphatic heterocycles. The van der Waals surface area contributed by atoms with Crippen LogP contribution in [0.15, 0.2) is 53.4 Å². The number of nitrogens with two attached hydrogens (primary N) is 1. The first-order valence-corrected chi connectivity index (χ1v) is 7.78. The fourth-order valence-corrected chi connectivity index (χ4v) is 2.47. The summed E-state index contributed by atoms with van der Waals surface area (Å²) in [5.74, 6) is 0.658. The molecule has 7 nitrogen and oxygen atoms in total. The monoisotopic (exact) mass is 321 g/mol. The van der Waals surface area contributed by atoms with Gasteiger partial charge in [-0.2, -0.15) is 0 Å². The number of benzene rings is 2. The predicted octanol–water partition coefficient (Wildman–Crippen LogP) is 1.99. The van der Waals surface area contributed by atoms with E-state index in [9.17, 15) is 13.2 Å². The van der Waals surface area contributed by atoms with Gasteiger partial charge in [0.2, 0.25) is 10.0 Å². The lowest BCUT2D eigenvalue weighted by Gasteiger charge is -2.11. The maximum atomic E-state index is 11.9. The lowest BCUT2D eigenvalue weighted by atomic mass is 10.3. The minimum atomic E-state index is -3.92. The normalized spacial score (nSPS) is 10.8. The lowest BCUT2D eigenvalue weighted by molar-refractivity contribution is 0.262. The Balaban J connectivity index is 2.12. The van der Waals surface area contributed by atoms with Crippen LogP contribution in [0.2, 0.25) is 0 Å². The Morgan fingerprint density at radius 2 is 1.68 bits per heavy atom. The number of hydrogen-bond acceptors (Lipinski definition) is 4. The van der Waals surface area contributed by atoms with Crippen molar-refractivity contribution in [2.75, 3.05) is 17.7 Å². The summed E-state index contributed by atoms with van der Waals surface area (Å²) in [4.78, 5) is 11.8. The number of hydrogen-bond donors (Lipinski definition) is 3. The molecule has 0 saturated heterocycles. The second-order valence-corrected chi connectivity index (χ2v) is 5.88. The number of primary sulfonamides is 1. The summed E-state index contributed by atoms with van der Waals surface area (Å²) < 4.78 is 27.9. The smallest absolute Gasteiger partial charge is 0.323 e. The number of ether oxygens (including phenoxy) is 1. The van der Waals surface area contributed by atoms with E-state index >= 15 is 0 Å². The fraction of sp³-hybridized carbons (Fsp3) is 0.0714. The molecule has 4 N–H and O–H groups in total. The van der Waals surface area contributed by atoms with Gasteiger partial charge in [0.25, 0.3) is 0 Å². The standard InChI is InChI=1S/C14H15N3O4S/c1-21-11-8-6-10(7-9-11)16-14(18)17-12-4-2-3-5-13(12)22(15,19)20/h2-9H,1H3,(H2,15,19,20)(H2,16,17,18). The Morgan fingerprint density at radius 1 is 1.05 bits per heavy atom. The Hall–Kier alpha value is -2.58. The van der Waals surface area contributed by atoms with Gasteiger partial charge in [0.1, 0.15) is 10.6 Å². The van der Waals surface area contributed by atoms with Crippen LogP contribution < -0.4 is 20.5 Å². The van der Waals surface area contributed by atoms with E-state index in [-0.39, 0.29) is 10.6 Å². The molecule has 22 heavy (non-hydrogen) atoms. The summed E-state index contributed by atoms with van der Waals surface area (Å²) in [5.41, 5.74) is 0.641. The molecule has 0 aliphatic carbocycles. The minimum Gasteiger partial charge on any atom is -0.497 e. The lowest BCUT2D eigenvalue weighted by Crippen LogP contribution is -2.22. The highest BCUT2D eigenvalue weighted by atomic mass is 32.2. The van der Waals surface area contributed by atoms with E-state index in [0.717, 1.165) is 0 Å². The maximum Gasteiger partial charge on any atom is 0.323 e. The van der Waals surface area contributed by atoms with Crippen molar-refractivity contribution in [2.24, 2.45) is 5.14 Å². The number of anilines is 2. The highest BCUT2D eigenvalue weighted by Gasteiger charge is 2.14. The molecule has 0 unspecified atom stereocenters. The Bertz CT molecular complexity index is 773. The van der Waals surface area contributed by atoms with Gasteiger partial charge in [-0.1, -0.05) is 12.1 Å². The van der Waals surface area contributed by atoms with Crippen molar-refractivity contribution in [1.82, 2.24) is 0 Å². The van der Waals surface area contributed by atoms with Gasteiger partial charge >= 0.3 is 6.03 Å². The first kappa shape index (κ1) is 15.8. The quantitative estimate of drug-likeness (QED) is 0.799. The molecule has 0 atom stereocenters. The number of carbonyl (C=O) groups is 1. The summed E-state index contributed by atoms with van der Waals surface area (Å²) in [6.07, 6.45) is 0. The number of amides is 2.